The number of H-pyrrole nitrogens is 1. The van der Waals surface area contributed by atoms with Gasteiger partial charge < -0.3 is 15.5 Å². The molecule has 0 bridgehead atoms. The fourth-order valence-corrected chi connectivity index (χ4v) is 6.76. The number of carbonyl (C=O) groups excluding carboxylic acids is 2. The van der Waals surface area contributed by atoms with Crippen LogP contribution in [0.4, 0.5) is 10.1 Å². The van der Waals surface area contributed by atoms with Crippen LogP contribution in [0.5, 0.6) is 0 Å². The Morgan fingerprint density at radius 1 is 1.04 bits per heavy atom. The highest BCUT2D eigenvalue weighted by atomic mass is 35.5. The SMILES string of the molecule is O=C(Nc1ccc2[nH]ncc2c1)C1C(c2ccc(F)cc2)CC(N2CCNCC2)CN1C(=O)/C=C/c1cc(Cl)ccc1-n1cnnn1. The summed E-state index contributed by atoms with van der Waals surface area (Å²) in [6.07, 6.45) is 6.88. The number of anilines is 1. The van der Waals surface area contributed by atoms with Gasteiger partial charge in [0.15, 0.2) is 0 Å². The van der Waals surface area contributed by atoms with Gasteiger partial charge in [0.2, 0.25) is 11.8 Å². The van der Waals surface area contributed by atoms with Gasteiger partial charge in [-0.25, -0.2) is 4.39 Å². The molecule has 3 N–H and O–H groups in total. The van der Waals surface area contributed by atoms with Gasteiger partial charge in [-0.2, -0.15) is 9.78 Å². The van der Waals surface area contributed by atoms with Crippen LogP contribution in [-0.2, 0) is 9.59 Å². The zero-order valence-corrected chi connectivity index (χ0v) is 26.0. The summed E-state index contributed by atoms with van der Waals surface area (Å²) in [5.74, 6) is -1.44. The van der Waals surface area contributed by atoms with Crippen molar-refractivity contribution in [3.05, 3.63) is 101 Å². The minimum absolute atomic E-state index is 0.0150. The lowest BCUT2D eigenvalue weighted by Gasteiger charge is -2.47. The first-order chi connectivity index (χ1) is 22.9. The molecule has 7 rings (SSSR count). The molecule has 12 nitrogen and oxygen atoms in total. The molecule has 0 saturated carbocycles. The Balaban J connectivity index is 1.26. The normalized spacial score (nSPS) is 20.6. The van der Waals surface area contributed by atoms with Crippen molar-refractivity contribution in [1.82, 2.24) is 45.5 Å². The maximum absolute atomic E-state index is 14.3. The van der Waals surface area contributed by atoms with Crippen LogP contribution in [0.3, 0.4) is 0 Å². The number of aromatic amines is 1. The smallest absolute Gasteiger partial charge is 0.247 e. The van der Waals surface area contributed by atoms with E-state index in [2.05, 4.69) is 41.3 Å². The predicted molar refractivity (Wildman–Crippen MR) is 175 cm³/mol. The average Bonchev–Trinajstić information content (AvgIpc) is 3.80. The third kappa shape index (κ3) is 6.64. The summed E-state index contributed by atoms with van der Waals surface area (Å²) in [5.41, 5.74) is 3.47. The maximum atomic E-state index is 14.3. The van der Waals surface area contributed by atoms with Crippen LogP contribution in [0, 0.1) is 5.82 Å². The van der Waals surface area contributed by atoms with Crippen LogP contribution in [0.2, 0.25) is 5.02 Å². The van der Waals surface area contributed by atoms with Gasteiger partial charge in [0.1, 0.15) is 18.2 Å². The third-order valence-corrected chi connectivity index (χ3v) is 9.10. The molecule has 3 aromatic carbocycles. The van der Waals surface area contributed by atoms with Crippen molar-refractivity contribution in [2.24, 2.45) is 0 Å². The van der Waals surface area contributed by atoms with Crippen LogP contribution in [-0.4, -0.2) is 96.8 Å². The van der Waals surface area contributed by atoms with E-state index >= 15 is 0 Å². The second kappa shape index (κ2) is 13.4. The topological polar surface area (TPSA) is 137 Å². The highest BCUT2D eigenvalue weighted by molar-refractivity contribution is 6.30. The number of nitrogens with zero attached hydrogens (tertiary/aromatic N) is 7. The van der Waals surface area contributed by atoms with Crippen LogP contribution >= 0.6 is 11.6 Å². The van der Waals surface area contributed by atoms with E-state index in [9.17, 15) is 14.0 Å². The Morgan fingerprint density at radius 2 is 1.87 bits per heavy atom. The van der Waals surface area contributed by atoms with E-state index in [1.165, 1.54) is 29.2 Å². The molecule has 2 aromatic heterocycles. The summed E-state index contributed by atoms with van der Waals surface area (Å²) in [7, 11) is 0. The number of piperazine rings is 1. The Morgan fingerprint density at radius 3 is 2.66 bits per heavy atom. The fraction of sp³-hybridized carbons (Fsp3) is 0.273. The number of aromatic nitrogens is 6. The van der Waals surface area contributed by atoms with Gasteiger partial charge >= 0.3 is 0 Å². The standard InChI is InChI=1S/C33H32ClFN10O2/c34-24-4-9-30(45-20-38-41-42-45)22(15-24)3-10-31(46)44-19-27(43-13-11-36-12-14-43)17-28(21-1-5-25(35)6-2-21)32(44)33(47)39-26-7-8-29-23(16-26)18-37-40-29/h1-10,15-16,18,20,27-28,32,36H,11-14,17,19H2,(H,37,40)(H,39,47)/b10-3+. The minimum atomic E-state index is -0.879. The molecule has 240 valence electrons. The summed E-state index contributed by atoms with van der Waals surface area (Å²) in [5, 5.41) is 26.2. The van der Waals surface area contributed by atoms with Crippen molar-refractivity contribution in [3.63, 3.8) is 0 Å². The van der Waals surface area contributed by atoms with Gasteiger partial charge in [0, 0.05) is 72.4 Å². The molecule has 2 aliphatic heterocycles. The summed E-state index contributed by atoms with van der Waals surface area (Å²) < 4.78 is 15.6. The van der Waals surface area contributed by atoms with Crippen molar-refractivity contribution in [1.29, 1.82) is 0 Å². The molecule has 5 aromatic rings. The number of benzene rings is 3. The predicted octanol–water partition coefficient (Wildman–Crippen LogP) is 3.64. The van der Waals surface area contributed by atoms with Crippen molar-refractivity contribution >= 4 is 46.1 Å². The van der Waals surface area contributed by atoms with Gasteiger partial charge in [-0.1, -0.05) is 23.7 Å². The Labute approximate surface area is 274 Å². The van der Waals surface area contributed by atoms with Crippen LogP contribution in [0.1, 0.15) is 23.5 Å². The lowest BCUT2D eigenvalue weighted by atomic mass is 9.80. The van der Waals surface area contributed by atoms with Gasteiger partial charge in [0.05, 0.1) is 17.4 Å². The number of hydrogen-bond donors (Lipinski definition) is 3. The second-order valence-corrected chi connectivity index (χ2v) is 12.2. The van der Waals surface area contributed by atoms with E-state index in [1.807, 2.05) is 12.1 Å². The summed E-state index contributed by atoms with van der Waals surface area (Å²) in [6.45, 7) is 3.65. The molecular weight excluding hydrogens is 623 g/mol. The first-order valence-corrected chi connectivity index (χ1v) is 15.8. The molecular formula is C33H32ClFN10O2. The second-order valence-electron chi connectivity index (χ2n) is 11.7. The molecule has 0 aliphatic carbocycles. The van der Waals surface area contributed by atoms with Crippen molar-refractivity contribution in [2.75, 3.05) is 38.0 Å². The summed E-state index contributed by atoms with van der Waals surface area (Å²) >= 11 is 6.33. The van der Waals surface area contributed by atoms with E-state index < -0.39 is 12.0 Å². The van der Waals surface area contributed by atoms with E-state index in [1.54, 1.807) is 53.6 Å². The fourth-order valence-electron chi connectivity index (χ4n) is 6.58. The quantitative estimate of drug-likeness (QED) is 0.226. The molecule has 2 aliphatic rings. The van der Waals surface area contributed by atoms with Crippen LogP contribution in [0.15, 0.2) is 79.3 Å². The monoisotopic (exact) mass is 654 g/mol. The van der Waals surface area contributed by atoms with Crippen molar-refractivity contribution < 1.29 is 14.0 Å². The highest BCUT2D eigenvalue weighted by Crippen LogP contribution is 2.36. The lowest BCUT2D eigenvalue weighted by molar-refractivity contribution is -0.139. The van der Waals surface area contributed by atoms with E-state index in [-0.39, 0.29) is 23.7 Å². The number of piperidine rings is 1. The van der Waals surface area contributed by atoms with Crippen LogP contribution in [0.25, 0.3) is 22.7 Å². The largest absolute Gasteiger partial charge is 0.325 e. The van der Waals surface area contributed by atoms with Gasteiger partial charge in [0.25, 0.3) is 0 Å². The van der Waals surface area contributed by atoms with Gasteiger partial charge in [-0.15, -0.1) is 5.10 Å². The molecule has 2 amide bonds. The number of rotatable bonds is 7. The molecule has 3 atom stereocenters. The number of carbonyl (C=O) groups is 2. The first kappa shape index (κ1) is 30.7. The zero-order valence-electron chi connectivity index (χ0n) is 25.3. The summed E-state index contributed by atoms with van der Waals surface area (Å²) in [6, 6.07) is 16.0. The van der Waals surface area contributed by atoms with Gasteiger partial charge in [-0.05, 0) is 77.0 Å². The zero-order chi connectivity index (χ0) is 32.3. The number of likely N-dealkylation sites (tertiary alicyclic amines) is 1. The molecule has 2 fully saturated rings. The maximum Gasteiger partial charge on any atom is 0.247 e. The minimum Gasteiger partial charge on any atom is -0.325 e. The molecule has 4 heterocycles. The third-order valence-electron chi connectivity index (χ3n) is 8.87. The molecule has 0 radical (unpaired) electrons. The number of amides is 2. The number of hydrogen-bond acceptors (Lipinski definition) is 8. The number of halogens is 2. The molecule has 47 heavy (non-hydrogen) atoms. The highest BCUT2D eigenvalue weighted by Gasteiger charge is 2.44. The van der Waals surface area contributed by atoms with Crippen molar-refractivity contribution in [3.8, 4) is 5.69 Å². The number of nitrogens with one attached hydrogen (secondary N) is 3. The van der Waals surface area contributed by atoms with E-state index in [0.29, 0.717) is 34.9 Å². The molecule has 14 heteroatoms. The first-order valence-electron chi connectivity index (χ1n) is 15.4. The average molecular weight is 655 g/mol. The van der Waals surface area contributed by atoms with E-state index in [4.69, 9.17) is 11.6 Å². The molecule has 0 spiro atoms. The van der Waals surface area contributed by atoms with Gasteiger partial charge in [-0.3, -0.25) is 19.6 Å². The Bertz CT molecular complexity index is 1910. The van der Waals surface area contributed by atoms with E-state index in [0.717, 1.165) is 42.6 Å². The Hall–Kier alpha value is -4.98. The van der Waals surface area contributed by atoms with Crippen LogP contribution < -0.4 is 10.6 Å². The number of fused-ring (bicyclic) bond motifs is 1. The lowest BCUT2D eigenvalue weighted by Crippen LogP contribution is -2.61. The summed E-state index contributed by atoms with van der Waals surface area (Å²) in [4.78, 5) is 32.6. The molecule has 3 unspecified atom stereocenters. The Kier molecular flexibility index (Phi) is 8.74. The van der Waals surface area contributed by atoms with Crippen molar-refractivity contribution in [2.45, 2.75) is 24.4 Å². The molecule has 2 saturated heterocycles. The number of tetrazole rings is 1.